The van der Waals surface area contributed by atoms with Crippen molar-refractivity contribution in [3.8, 4) is 5.75 Å². The number of halogens is 2. The topological polar surface area (TPSA) is 127 Å². The molecule has 2 atom stereocenters. The van der Waals surface area contributed by atoms with Crippen molar-refractivity contribution in [1.82, 2.24) is 15.2 Å². The molecule has 0 saturated carbocycles. The van der Waals surface area contributed by atoms with Crippen LogP contribution in [0.2, 0.25) is 5.02 Å². The molecule has 2 fully saturated rings. The summed E-state index contributed by atoms with van der Waals surface area (Å²) in [5.41, 5.74) is 5.18. The number of aromatic nitrogens is 1. The number of fused-ring (bicyclic) bond motifs is 2. The van der Waals surface area contributed by atoms with Gasteiger partial charge in [0, 0.05) is 31.1 Å². The molecule has 2 saturated heterocycles. The number of benzene rings is 1. The van der Waals surface area contributed by atoms with Crippen LogP contribution in [0, 0.1) is 5.82 Å². The minimum absolute atomic E-state index is 0.0431. The highest BCUT2D eigenvalue weighted by molar-refractivity contribution is 6.31. The van der Waals surface area contributed by atoms with Gasteiger partial charge in [0.1, 0.15) is 23.5 Å². The van der Waals surface area contributed by atoms with Crippen molar-refractivity contribution in [3.63, 3.8) is 0 Å². The van der Waals surface area contributed by atoms with E-state index < -0.39 is 11.8 Å². The Hall–Kier alpha value is -3.40. The number of rotatable bonds is 8. The highest BCUT2D eigenvalue weighted by atomic mass is 35.5. The molecule has 0 aliphatic carbocycles. The number of nitrogens with one attached hydrogen (secondary N) is 2. The Kier molecular flexibility index (Phi) is 7.16. The molecular formula is C23H25ClFN5O4. The van der Waals surface area contributed by atoms with E-state index in [4.69, 9.17) is 22.1 Å². The lowest BCUT2D eigenvalue weighted by atomic mass is 9.99. The van der Waals surface area contributed by atoms with Crippen molar-refractivity contribution in [2.24, 2.45) is 5.73 Å². The van der Waals surface area contributed by atoms with Crippen molar-refractivity contribution in [2.75, 3.05) is 18.4 Å². The number of primary amides is 1. The van der Waals surface area contributed by atoms with Crippen LogP contribution in [-0.4, -0.2) is 58.9 Å². The van der Waals surface area contributed by atoms with E-state index in [2.05, 4.69) is 15.6 Å². The first-order chi connectivity index (χ1) is 16.3. The van der Waals surface area contributed by atoms with E-state index in [0.29, 0.717) is 18.6 Å². The molecule has 2 unspecified atom stereocenters. The fourth-order valence-corrected chi connectivity index (χ4v) is 4.76. The molecule has 180 valence electrons. The first-order valence-corrected chi connectivity index (χ1v) is 11.4. The first-order valence-electron chi connectivity index (χ1n) is 11.0. The quantitative estimate of drug-likeness (QED) is 0.521. The molecule has 11 heteroatoms. The zero-order valence-electron chi connectivity index (χ0n) is 18.3. The van der Waals surface area contributed by atoms with E-state index in [1.54, 1.807) is 12.1 Å². The number of anilines is 1. The van der Waals surface area contributed by atoms with Gasteiger partial charge >= 0.3 is 0 Å². The molecular weight excluding hydrogens is 465 g/mol. The van der Waals surface area contributed by atoms with E-state index in [9.17, 15) is 18.8 Å². The summed E-state index contributed by atoms with van der Waals surface area (Å²) in [6.07, 6.45) is 4.48. The molecule has 2 aliphatic heterocycles. The summed E-state index contributed by atoms with van der Waals surface area (Å²) in [7, 11) is 0. The van der Waals surface area contributed by atoms with Gasteiger partial charge in [-0.2, -0.15) is 0 Å². The second kappa shape index (κ2) is 10.3. The Labute approximate surface area is 200 Å². The average molecular weight is 490 g/mol. The lowest BCUT2D eigenvalue weighted by molar-refractivity contribution is -0.135. The monoisotopic (exact) mass is 489 g/mol. The van der Waals surface area contributed by atoms with Gasteiger partial charge in [-0.3, -0.25) is 14.4 Å². The number of amides is 3. The summed E-state index contributed by atoms with van der Waals surface area (Å²) in [6.45, 7) is -0.386. The maximum atomic E-state index is 13.1. The number of carbonyl (C=O) groups excluding carboxylic acids is 3. The Morgan fingerprint density at radius 3 is 2.47 bits per heavy atom. The molecule has 4 rings (SSSR count). The first kappa shape index (κ1) is 23.7. The SMILES string of the molecule is NC(=O)CNC(=O)c1cc(Cl)cnc1NCC(=O)N1C2CCC1CC(Oc1ccc(F)cc1)C2. The van der Waals surface area contributed by atoms with Crippen LogP contribution < -0.4 is 21.1 Å². The normalized spacial score (nSPS) is 21.1. The number of carbonyl (C=O) groups is 3. The maximum Gasteiger partial charge on any atom is 0.255 e. The molecule has 3 amide bonds. The zero-order valence-corrected chi connectivity index (χ0v) is 19.1. The molecule has 9 nitrogen and oxygen atoms in total. The molecule has 2 bridgehead atoms. The molecule has 2 aliphatic rings. The van der Waals surface area contributed by atoms with Crippen LogP contribution in [0.15, 0.2) is 36.5 Å². The zero-order chi connectivity index (χ0) is 24.2. The van der Waals surface area contributed by atoms with Crippen LogP contribution >= 0.6 is 11.6 Å². The van der Waals surface area contributed by atoms with Crippen LogP contribution in [0.5, 0.6) is 5.75 Å². The second-order valence-corrected chi connectivity index (χ2v) is 8.84. The van der Waals surface area contributed by atoms with E-state index in [1.807, 2.05) is 4.90 Å². The standard InChI is InChI=1S/C23H25ClFN5O4/c24-13-7-19(23(33)29-11-20(26)31)22(27-10-13)28-12-21(32)30-15-3-4-16(30)9-18(8-15)34-17-5-1-14(25)2-6-17/h1-2,5-7,10,15-16,18H,3-4,8-9,11-12H2,(H2,26,31)(H,27,28)(H,29,33). The molecule has 1 aromatic heterocycles. The smallest absolute Gasteiger partial charge is 0.255 e. The number of hydrogen-bond acceptors (Lipinski definition) is 6. The van der Waals surface area contributed by atoms with Gasteiger partial charge < -0.3 is 26.0 Å². The van der Waals surface area contributed by atoms with Crippen LogP contribution in [0.4, 0.5) is 10.2 Å². The fourth-order valence-electron chi connectivity index (χ4n) is 4.60. The Bertz CT molecular complexity index is 1070. The van der Waals surface area contributed by atoms with Gasteiger partial charge in [-0.25, -0.2) is 9.37 Å². The third kappa shape index (κ3) is 5.56. The van der Waals surface area contributed by atoms with Crippen LogP contribution in [-0.2, 0) is 9.59 Å². The third-order valence-corrected chi connectivity index (χ3v) is 6.23. The van der Waals surface area contributed by atoms with E-state index in [-0.39, 0.29) is 59.4 Å². The summed E-state index contributed by atoms with van der Waals surface area (Å²) in [4.78, 5) is 42.4. The van der Waals surface area contributed by atoms with Gasteiger partial charge in [-0.15, -0.1) is 0 Å². The van der Waals surface area contributed by atoms with Crippen LogP contribution in [0.25, 0.3) is 0 Å². The van der Waals surface area contributed by atoms with Crippen molar-refractivity contribution >= 4 is 35.1 Å². The summed E-state index contributed by atoms with van der Waals surface area (Å²) in [5.74, 6) is -0.889. The van der Waals surface area contributed by atoms with Gasteiger partial charge in [0.05, 0.1) is 23.7 Å². The van der Waals surface area contributed by atoms with Crippen LogP contribution in [0.3, 0.4) is 0 Å². The van der Waals surface area contributed by atoms with Gasteiger partial charge in [0.15, 0.2) is 0 Å². The molecule has 0 spiro atoms. The minimum atomic E-state index is -0.685. The number of ether oxygens (including phenoxy) is 1. The van der Waals surface area contributed by atoms with Gasteiger partial charge in [-0.05, 0) is 43.2 Å². The van der Waals surface area contributed by atoms with Gasteiger partial charge in [0.25, 0.3) is 5.91 Å². The third-order valence-electron chi connectivity index (χ3n) is 6.02. The number of nitrogens with two attached hydrogens (primary N) is 1. The second-order valence-electron chi connectivity index (χ2n) is 8.40. The summed E-state index contributed by atoms with van der Waals surface area (Å²) >= 11 is 5.97. The molecule has 0 radical (unpaired) electrons. The van der Waals surface area contributed by atoms with Crippen molar-refractivity contribution < 1.29 is 23.5 Å². The van der Waals surface area contributed by atoms with Crippen molar-refractivity contribution in [2.45, 2.75) is 43.9 Å². The lowest BCUT2D eigenvalue weighted by Crippen LogP contribution is -2.51. The molecule has 34 heavy (non-hydrogen) atoms. The molecule has 1 aromatic carbocycles. The Morgan fingerprint density at radius 2 is 1.82 bits per heavy atom. The van der Waals surface area contributed by atoms with Crippen molar-refractivity contribution in [1.29, 1.82) is 0 Å². The molecule has 4 N–H and O–H groups in total. The van der Waals surface area contributed by atoms with Crippen molar-refractivity contribution in [3.05, 3.63) is 52.9 Å². The number of pyridine rings is 1. The number of piperidine rings is 1. The summed E-state index contributed by atoms with van der Waals surface area (Å²) in [5, 5.41) is 5.55. The number of nitrogens with zero attached hydrogens (tertiary/aromatic N) is 2. The predicted molar refractivity (Wildman–Crippen MR) is 123 cm³/mol. The molecule has 2 aromatic rings. The minimum Gasteiger partial charge on any atom is -0.490 e. The lowest BCUT2D eigenvalue weighted by Gasteiger charge is -2.39. The number of hydrogen-bond donors (Lipinski definition) is 3. The maximum absolute atomic E-state index is 13.1. The van der Waals surface area contributed by atoms with E-state index in [1.165, 1.54) is 24.4 Å². The largest absolute Gasteiger partial charge is 0.490 e. The molecule has 3 heterocycles. The van der Waals surface area contributed by atoms with E-state index >= 15 is 0 Å². The highest BCUT2D eigenvalue weighted by Gasteiger charge is 2.43. The fraction of sp³-hybridized carbons (Fsp3) is 0.391. The van der Waals surface area contributed by atoms with Gasteiger partial charge in [-0.1, -0.05) is 11.6 Å². The Morgan fingerprint density at radius 1 is 1.15 bits per heavy atom. The average Bonchev–Trinajstić information content (AvgIpc) is 3.08. The summed E-state index contributed by atoms with van der Waals surface area (Å²) in [6, 6.07) is 7.44. The van der Waals surface area contributed by atoms with E-state index in [0.717, 1.165) is 12.8 Å². The highest BCUT2D eigenvalue weighted by Crippen LogP contribution is 2.37. The summed E-state index contributed by atoms with van der Waals surface area (Å²) < 4.78 is 19.2. The van der Waals surface area contributed by atoms with Crippen LogP contribution in [0.1, 0.15) is 36.0 Å². The Balaban J connectivity index is 1.36. The predicted octanol–water partition coefficient (Wildman–Crippen LogP) is 2.10. The van der Waals surface area contributed by atoms with Gasteiger partial charge in [0.2, 0.25) is 11.8 Å².